The van der Waals surface area contributed by atoms with Gasteiger partial charge in [-0.15, -0.1) is 0 Å². The minimum atomic E-state index is 0.631. The van der Waals surface area contributed by atoms with Gasteiger partial charge in [0, 0.05) is 23.3 Å². The number of pyridine rings is 1. The summed E-state index contributed by atoms with van der Waals surface area (Å²) in [5.74, 6) is 0.786. The van der Waals surface area contributed by atoms with E-state index in [1.807, 2.05) is 12.4 Å². The summed E-state index contributed by atoms with van der Waals surface area (Å²) in [6.07, 6.45) is 5.06. The molecule has 3 heteroatoms. The highest BCUT2D eigenvalue weighted by Crippen LogP contribution is 2.29. The zero-order valence-corrected chi connectivity index (χ0v) is 10.2. The average molecular weight is 255 g/mol. The Morgan fingerprint density at radius 3 is 2.79 bits per heavy atom. The average Bonchev–Trinajstić information content (AvgIpc) is 2.48. The molecule has 0 aromatic carbocycles. The molecule has 1 aromatic heterocycles. The number of hydrogen-bond acceptors (Lipinski definition) is 2. The van der Waals surface area contributed by atoms with Crippen LogP contribution in [0.5, 0.6) is 0 Å². The van der Waals surface area contributed by atoms with Gasteiger partial charge >= 0.3 is 0 Å². The van der Waals surface area contributed by atoms with Gasteiger partial charge in [0.1, 0.15) is 0 Å². The lowest BCUT2D eigenvalue weighted by atomic mass is 10.1. The van der Waals surface area contributed by atoms with Crippen LogP contribution in [0.4, 0.5) is 5.69 Å². The van der Waals surface area contributed by atoms with Crippen LogP contribution in [0.3, 0.4) is 0 Å². The first kappa shape index (κ1) is 9.97. The van der Waals surface area contributed by atoms with Crippen LogP contribution in [0, 0.1) is 5.92 Å². The summed E-state index contributed by atoms with van der Waals surface area (Å²) >= 11 is 3.46. The Labute approximate surface area is 93.5 Å². The van der Waals surface area contributed by atoms with Crippen molar-refractivity contribution in [2.24, 2.45) is 5.92 Å². The summed E-state index contributed by atoms with van der Waals surface area (Å²) in [5.41, 5.74) is 1.23. The lowest BCUT2D eigenvalue weighted by Crippen LogP contribution is -2.29. The van der Waals surface area contributed by atoms with E-state index >= 15 is 0 Å². The Hall–Kier alpha value is -0.570. The number of halogens is 1. The molecule has 0 radical (unpaired) electrons. The van der Waals surface area contributed by atoms with Gasteiger partial charge in [-0.2, -0.15) is 0 Å². The van der Waals surface area contributed by atoms with Gasteiger partial charge in [-0.05, 0) is 41.3 Å². The van der Waals surface area contributed by atoms with E-state index in [4.69, 9.17) is 0 Å². The van der Waals surface area contributed by atoms with Gasteiger partial charge in [0.2, 0.25) is 0 Å². The normalized spacial score (nSPS) is 26.9. The van der Waals surface area contributed by atoms with Crippen molar-refractivity contribution in [3.63, 3.8) is 0 Å². The first-order valence-corrected chi connectivity index (χ1v) is 5.85. The van der Waals surface area contributed by atoms with Gasteiger partial charge in [0.25, 0.3) is 0 Å². The molecule has 76 valence electrons. The highest BCUT2D eigenvalue weighted by atomic mass is 79.9. The first-order valence-electron chi connectivity index (χ1n) is 5.05. The smallest absolute Gasteiger partial charge is 0.0566 e. The predicted molar refractivity (Wildman–Crippen MR) is 62.5 cm³/mol. The van der Waals surface area contributed by atoms with Crippen LogP contribution in [0.15, 0.2) is 22.9 Å². The number of aromatic nitrogens is 1. The van der Waals surface area contributed by atoms with Crippen LogP contribution < -0.4 is 4.90 Å². The Morgan fingerprint density at radius 1 is 1.43 bits per heavy atom. The Balaban J connectivity index is 2.23. The Morgan fingerprint density at radius 2 is 2.21 bits per heavy atom. The number of hydrogen-bond donors (Lipinski definition) is 0. The number of anilines is 1. The summed E-state index contributed by atoms with van der Waals surface area (Å²) < 4.78 is 1.06. The van der Waals surface area contributed by atoms with E-state index in [-0.39, 0.29) is 0 Å². The molecular weight excluding hydrogens is 240 g/mol. The fourth-order valence-electron chi connectivity index (χ4n) is 2.02. The van der Waals surface area contributed by atoms with Gasteiger partial charge in [-0.3, -0.25) is 4.98 Å². The maximum atomic E-state index is 4.20. The van der Waals surface area contributed by atoms with E-state index in [2.05, 4.69) is 45.7 Å². The van der Waals surface area contributed by atoms with Crippen LogP contribution in [0.2, 0.25) is 0 Å². The van der Waals surface area contributed by atoms with E-state index < -0.39 is 0 Å². The van der Waals surface area contributed by atoms with Crippen LogP contribution in [0.25, 0.3) is 0 Å². The van der Waals surface area contributed by atoms with E-state index in [0.29, 0.717) is 6.04 Å². The van der Waals surface area contributed by atoms with Crippen molar-refractivity contribution in [2.75, 3.05) is 11.4 Å². The monoisotopic (exact) mass is 254 g/mol. The largest absolute Gasteiger partial charge is 0.367 e. The van der Waals surface area contributed by atoms with Gasteiger partial charge in [-0.25, -0.2) is 0 Å². The van der Waals surface area contributed by atoms with Crippen molar-refractivity contribution in [1.29, 1.82) is 0 Å². The lowest BCUT2D eigenvalue weighted by molar-refractivity contribution is 0.546. The molecule has 1 aromatic rings. The van der Waals surface area contributed by atoms with Crippen LogP contribution in [-0.2, 0) is 0 Å². The fourth-order valence-corrected chi connectivity index (χ4v) is 2.37. The molecule has 1 saturated heterocycles. The first-order chi connectivity index (χ1) is 6.68. The summed E-state index contributed by atoms with van der Waals surface area (Å²) in [6, 6.07) is 2.77. The van der Waals surface area contributed by atoms with Gasteiger partial charge < -0.3 is 4.90 Å². The molecule has 0 aliphatic carbocycles. The highest BCUT2D eigenvalue weighted by Gasteiger charge is 2.27. The van der Waals surface area contributed by atoms with Crippen molar-refractivity contribution in [3.8, 4) is 0 Å². The van der Waals surface area contributed by atoms with Crippen molar-refractivity contribution >= 4 is 21.6 Å². The summed E-state index contributed by atoms with van der Waals surface area (Å²) in [6.45, 7) is 5.76. The number of rotatable bonds is 1. The molecule has 0 N–H and O–H groups in total. The third kappa shape index (κ3) is 1.78. The Bertz CT molecular complexity index is 327. The van der Waals surface area contributed by atoms with Crippen LogP contribution in [0.1, 0.15) is 20.3 Å². The summed E-state index contributed by atoms with van der Waals surface area (Å²) in [4.78, 5) is 6.63. The highest BCUT2D eigenvalue weighted by molar-refractivity contribution is 9.10. The minimum absolute atomic E-state index is 0.631. The van der Waals surface area contributed by atoms with Crippen LogP contribution >= 0.6 is 15.9 Å². The molecule has 0 spiro atoms. The predicted octanol–water partition coefficient (Wildman–Crippen LogP) is 3.08. The Kier molecular flexibility index (Phi) is 2.77. The zero-order chi connectivity index (χ0) is 10.1. The molecule has 1 aliphatic rings. The van der Waals surface area contributed by atoms with E-state index in [0.717, 1.165) is 16.9 Å². The second-order valence-electron chi connectivity index (χ2n) is 4.06. The molecule has 14 heavy (non-hydrogen) atoms. The fraction of sp³-hybridized carbons (Fsp3) is 0.545. The maximum absolute atomic E-state index is 4.20. The third-order valence-electron chi connectivity index (χ3n) is 3.16. The zero-order valence-electron chi connectivity index (χ0n) is 8.57. The second-order valence-corrected chi connectivity index (χ2v) is 4.98. The van der Waals surface area contributed by atoms with Gasteiger partial charge in [0.15, 0.2) is 0 Å². The third-order valence-corrected chi connectivity index (χ3v) is 3.60. The van der Waals surface area contributed by atoms with Gasteiger partial charge in [-0.1, -0.05) is 6.92 Å². The van der Waals surface area contributed by atoms with Crippen molar-refractivity contribution < 1.29 is 0 Å². The maximum Gasteiger partial charge on any atom is 0.0566 e. The quantitative estimate of drug-likeness (QED) is 0.766. The topological polar surface area (TPSA) is 16.1 Å². The molecule has 1 aliphatic heterocycles. The molecule has 2 heterocycles. The molecule has 2 rings (SSSR count). The molecular formula is C11H15BrN2. The molecule has 2 unspecified atom stereocenters. The van der Waals surface area contributed by atoms with Crippen molar-refractivity contribution in [2.45, 2.75) is 26.3 Å². The van der Waals surface area contributed by atoms with Gasteiger partial charge in [0.05, 0.1) is 11.9 Å². The standard InChI is InChI=1S/C11H15BrN2/c1-8-3-4-14(9(8)2)11-5-10(12)6-13-7-11/h5-9H,3-4H2,1-2H3. The second kappa shape index (κ2) is 3.89. The summed E-state index contributed by atoms with van der Waals surface area (Å²) in [5, 5.41) is 0. The molecule has 0 amide bonds. The summed E-state index contributed by atoms with van der Waals surface area (Å²) in [7, 11) is 0. The van der Waals surface area contributed by atoms with E-state index in [9.17, 15) is 0 Å². The minimum Gasteiger partial charge on any atom is -0.367 e. The molecule has 0 saturated carbocycles. The van der Waals surface area contributed by atoms with E-state index in [1.54, 1.807) is 0 Å². The molecule has 2 atom stereocenters. The van der Waals surface area contributed by atoms with Crippen molar-refractivity contribution in [1.82, 2.24) is 4.98 Å². The van der Waals surface area contributed by atoms with Crippen LogP contribution in [-0.4, -0.2) is 17.6 Å². The molecule has 2 nitrogen and oxygen atoms in total. The lowest BCUT2D eigenvalue weighted by Gasteiger charge is -2.25. The SMILES string of the molecule is CC1CCN(c2cncc(Br)c2)C1C. The number of nitrogens with zero attached hydrogens (tertiary/aromatic N) is 2. The van der Waals surface area contributed by atoms with E-state index in [1.165, 1.54) is 12.1 Å². The molecule has 0 bridgehead atoms. The van der Waals surface area contributed by atoms with Crippen molar-refractivity contribution in [3.05, 3.63) is 22.9 Å². The molecule has 1 fully saturated rings.